The van der Waals surface area contributed by atoms with Crippen molar-refractivity contribution in [2.75, 3.05) is 45.1 Å². The highest BCUT2D eigenvalue weighted by Gasteiger charge is 2.52. The molecule has 4 amide bonds. The molecule has 10 nitrogen and oxygen atoms in total. The Morgan fingerprint density at radius 3 is 2.50 bits per heavy atom. The lowest BCUT2D eigenvalue weighted by Gasteiger charge is -2.31. The third-order valence-corrected chi connectivity index (χ3v) is 8.38. The van der Waals surface area contributed by atoms with Gasteiger partial charge in [0.1, 0.15) is 5.54 Å². The second-order valence-electron chi connectivity index (χ2n) is 8.71. The van der Waals surface area contributed by atoms with Gasteiger partial charge in [0.05, 0.1) is 4.90 Å². The molecule has 0 atom stereocenters. The number of sulfonamides is 1. The number of hydrogen-bond acceptors (Lipinski definition) is 6. The minimum absolute atomic E-state index is 0.0163. The van der Waals surface area contributed by atoms with Crippen molar-refractivity contribution in [3.63, 3.8) is 0 Å². The molecule has 2 heterocycles. The van der Waals surface area contributed by atoms with Gasteiger partial charge < -0.3 is 15.5 Å². The Morgan fingerprint density at radius 1 is 1.12 bits per heavy atom. The molecule has 1 aromatic rings. The smallest absolute Gasteiger partial charge is 0.325 e. The quantitative estimate of drug-likeness (QED) is 0.603. The average Bonchev–Trinajstić information content (AvgIpc) is 3.32. The zero-order valence-corrected chi connectivity index (χ0v) is 19.0. The van der Waals surface area contributed by atoms with Gasteiger partial charge >= 0.3 is 6.03 Å². The van der Waals surface area contributed by atoms with Gasteiger partial charge in [0.15, 0.2) is 0 Å². The highest BCUT2D eigenvalue weighted by molar-refractivity contribution is 7.89. The molecule has 1 spiro atoms. The van der Waals surface area contributed by atoms with Crippen molar-refractivity contribution in [1.29, 1.82) is 0 Å². The second kappa shape index (κ2) is 8.80. The highest BCUT2D eigenvalue weighted by Crippen LogP contribution is 2.35. The molecule has 2 aliphatic heterocycles. The molecule has 1 aromatic carbocycles. The summed E-state index contributed by atoms with van der Waals surface area (Å²) in [5.74, 6) is -0.653. The maximum atomic E-state index is 12.9. The first-order valence-corrected chi connectivity index (χ1v) is 12.4. The second-order valence-corrected chi connectivity index (χ2v) is 10.6. The lowest BCUT2D eigenvalue weighted by atomic mass is 9.98. The largest absolute Gasteiger partial charge is 0.326 e. The Labute approximate surface area is 188 Å². The van der Waals surface area contributed by atoms with E-state index in [0.717, 1.165) is 17.7 Å². The van der Waals surface area contributed by atoms with E-state index in [-0.39, 0.29) is 23.8 Å². The number of urea groups is 1. The van der Waals surface area contributed by atoms with Crippen LogP contribution in [0.25, 0.3) is 0 Å². The van der Waals surface area contributed by atoms with E-state index in [2.05, 4.69) is 15.5 Å². The number of anilines is 1. The summed E-state index contributed by atoms with van der Waals surface area (Å²) in [5, 5.41) is 5.47. The van der Waals surface area contributed by atoms with Crippen LogP contribution >= 0.6 is 0 Å². The molecule has 2 saturated heterocycles. The molecule has 0 radical (unpaired) electrons. The molecule has 3 fully saturated rings. The molecular weight excluding hydrogens is 434 g/mol. The van der Waals surface area contributed by atoms with Crippen LogP contribution in [-0.4, -0.2) is 85.7 Å². The summed E-state index contributed by atoms with van der Waals surface area (Å²) in [4.78, 5) is 40.7. The fraction of sp³-hybridized carbons (Fsp3) is 0.571. The third kappa shape index (κ3) is 4.37. The molecule has 0 aromatic heterocycles. The van der Waals surface area contributed by atoms with Crippen LogP contribution in [0.2, 0.25) is 0 Å². The lowest BCUT2D eigenvalue weighted by molar-refractivity contribution is -0.131. The van der Waals surface area contributed by atoms with Crippen LogP contribution in [0.3, 0.4) is 0 Å². The van der Waals surface area contributed by atoms with Gasteiger partial charge in [-0.3, -0.25) is 14.5 Å². The van der Waals surface area contributed by atoms with E-state index in [1.54, 1.807) is 12.1 Å². The Hall–Kier alpha value is -2.50. The third-order valence-electron chi connectivity index (χ3n) is 6.48. The fourth-order valence-electron chi connectivity index (χ4n) is 4.55. The Balaban J connectivity index is 1.36. The van der Waals surface area contributed by atoms with Crippen molar-refractivity contribution >= 4 is 33.6 Å². The van der Waals surface area contributed by atoms with Crippen molar-refractivity contribution in [2.24, 2.45) is 0 Å². The first-order valence-electron chi connectivity index (χ1n) is 10.9. The van der Waals surface area contributed by atoms with E-state index in [0.29, 0.717) is 44.7 Å². The molecule has 11 heteroatoms. The number of amides is 4. The average molecular weight is 464 g/mol. The van der Waals surface area contributed by atoms with Gasteiger partial charge in [0.2, 0.25) is 15.9 Å². The number of nitrogens with zero attached hydrogens (tertiary/aromatic N) is 3. The summed E-state index contributed by atoms with van der Waals surface area (Å²) < 4.78 is 27.3. The number of nitrogens with one attached hydrogen (secondary N) is 2. The number of carbonyl (C=O) groups excluding carboxylic acids is 3. The van der Waals surface area contributed by atoms with Gasteiger partial charge in [-0.05, 0) is 38.1 Å². The minimum Gasteiger partial charge on any atom is -0.326 e. The van der Waals surface area contributed by atoms with Crippen LogP contribution < -0.4 is 10.6 Å². The predicted octanol–water partition coefficient (Wildman–Crippen LogP) is 0.816. The molecule has 2 N–H and O–H groups in total. The van der Waals surface area contributed by atoms with Crippen LogP contribution in [0.5, 0.6) is 0 Å². The fourth-order valence-corrected chi connectivity index (χ4v) is 6.01. The van der Waals surface area contributed by atoms with E-state index in [1.807, 2.05) is 7.05 Å². The minimum atomic E-state index is -3.65. The molecule has 32 heavy (non-hydrogen) atoms. The van der Waals surface area contributed by atoms with Crippen molar-refractivity contribution < 1.29 is 22.8 Å². The molecule has 174 valence electrons. The van der Waals surface area contributed by atoms with E-state index in [9.17, 15) is 22.8 Å². The number of carbonyl (C=O) groups is 3. The Bertz CT molecular complexity index is 1010. The summed E-state index contributed by atoms with van der Waals surface area (Å²) in [6.07, 6.45) is 3.00. The number of likely N-dealkylation sites (N-methyl/N-ethyl adjacent to an activating group) is 1. The molecular formula is C21H29N5O5S. The number of hydrogen-bond donors (Lipinski definition) is 2. The Kier molecular flexibility index (Phi) is 6.24. The number of rotatable bonds is 6. The van der Waals surface area contributed by atoms with Crippen LogP contribution in [0.15, 0.2) is 29.2 Å². The van der Waals surface area contributed by atoms with E-state index in [4.69, 9.17) is 0 Å². The SMILES string of the molecule is CN1CCN(S(=O)(=O)c2cccc(NC(=O)CCN3C(=O)NC4(CCCC4)C3=O)c2)CC1. The Morgan fingerprint density at radius 2 is 1.81 bits per heavy atom. The van der Waals surface area contributed by atoms with Crippen LogP contribution in [0, 0.1) is 0 Å². The zero-order valence-electron chi connectivity index (χ0n) is 18.2. The molecule has 0 bridgehead atoms. The van der Waals surface area contributed by atoms with E-state index in [1.165, 1.54) is 16.4 Å². The molecule has 0 unspecified atom stereocenters. The van der Waals surface area contributed by atoms with Gasteiger partial charge in [-0.1, -0.05) is 18.9 Å². The molecule has 1 saturated carbocycles. The van der Waals surface area contributed by atoms with Gasteiger partial charge in [0, 0.05) is 44.8 Å². The molecule has 1 aliphatic carbocycles. The summed E-state index contributed by atoms with van der Waals surface area (Å²) in [5.41, 5.74) is -0.436. The standard InChI is InChI=1S/C21H29N5O5S/c1-24-11-13-25(14-12-24)32(30,31)17-6-4-5-16(15-17)22-18(27)7-10-26-19(28)21(23-20(26)29)8-2-3-9-21/h4-6,15H,2-3,7-14H2,1H3,(H,22,27)(H,23,29). The van der Waals surface area contributed by atoms with Gasteiger partial charge in [-0.25, -0.2) is 13.2 Å². The van der Waals surface area contributed by atoms with Crippen LogP contribution in [0.4, 0.5) is 10.5 Å². The van der Waals surface area contributed by atoms with Gasteiger partial charge in [0.25, 0.3) is 5.91 Å². The maximum Gasteiger partial charge on any atom is 0.325 e. The molecule has 4 rings (SSSR count). The topological polar surface area (TPSA) is 119 Å². The van der Waals surface area contributed by atoms with Gasteiger partial charge in [-0.2, -0.15) is 4.31 Å². The van der Waals surface area contributed by atoms with Crippen molar-refractivity contribution in [3.8, 4) is 0 Å². The first kappa shape index (κ1) is 22.7. The summed E-state index contributed by atoms with van der Waals surface area (Å²) in [6.45, 7) is 2.16. The normalized spacial score (nSPS) is 21.8. The number of benzene rings is 1. The number of piperazine rings is 1. The van der Waals surface area contributed by atoms with Crippen molar-refractivity contribution in [3.05, 3.63) is 24.3 Å². The highest BCUT2D eigenvalue weighted by atomic mass is 32.2. The van der Waals surface area contributed by atoms with Crippen LogP contribution in [0.1, 0.15) is 32.1 Å². The molecule has 3 aliphatic rings. The van der Waals surface area contributed by atoms with Crippen molar-refractivity contribution in [2.45, 2.75) is 42.5 Å². The summed E-state index contributed by atoms with van der Waals surface area (Å²) in [6, 6.07) is 5.69. The monoisotopic (exact) mass is 463 g/mol. The maximum absolute atomic E-state index is 12.9. The van der Waals surface area contributed by atoms with E-state index >= 15 is 0 Å². The summed E-state index contributed by atoms with van der Waals surface area (Å²) in [7, 11) is -1.70. The number of imide groups is 1. The van der Waals surface area contributed by atoms with Crippen molar-refractivity contribution in [1.82, 2.24) is 19.4 Å². The van der Waals surface area contributed by atoms with Gasteiger partial charge in [-0.15, -0.1) is 0 Å². The zero-order chi connectivity index (χ0) is 22.9. The van der Waals surface area contributed by atoms with E-state index < -0.39 is 27.5 Å². The first-order chi connectivity index (χ1) is 15.2. The summed E-state index contributed by atoms with van der Waals surface area (Å²) >= 11 is 0. The lowest BCUT2D eigenvalue weighted by Crippen LogP contribution is -2.47. The predicted molar refractivity (Wildman–Crippen MR) is 117 cm³/mol. The van der Waals surface area contributed by atoms with Crippen LogP contribution in [-0.2, 0) is 19.6 Å².